The summed E-state index contributed by atoms with van der Waals surface area (Å²) >= 11 is 0. The predicted octanol–water partition coefficient (Wildman–Crippen LogP) is 5.42. The van der Waals surface area contributed by atoms with Crippen molar-refractivity contribution in [1.82, 2.24) is 0 Å². The summed E-state index contributed by atoms with van der Waals surface area (Å²) in [7, 11) is 1.70. The molecule has 128 valence electrons. The van der Waals surface area contributed by atoms with Gasteiger partial charge in [-0.15, -0.1) is 0 Å². The summed E-state index contributed by atoms with van der Waals surface area (Å²) in [6.45, 7) is 4.84. The number of oxime groups is 1. The summed E-state index contributed by atoms with van der Waals surface area (Å²) in [4.78, 5) is 5.14. The van der Waals surface area contributed by atoms with Crippen LogP contribution in [-0.2, 0) is 4.84 Å². The predicted molar refractivity (Wildman–Crippen MR) is 93.2 cm³/mol. The van der Waals surface area contributed by atoms with E-state index >= 15 is 0 Å². The SMILES string of the molecule is CO/N=C(\C)C1CCC2C1(C)CCC1C34CCCCC3CCC214. The topological polar surface area (TPSA) is 21.6 Å². The molecule has 23 heavy (non-hydrogen) atoms. The van der Waals surface area contributed by atoms with E-state index < -0.39 is 0 Å². The highest BCUT2D eigenvalue weighted by molar-refractivity contribution is 5.85. The molecule has 0 aromatic heterocycles. The lowest BCUT2D eigenvalue weighted by atomic mass is 9.59. The molecular weight excluding hydrogens is 282 g/mol. The maximum Gasteiger partial charge on any atom is 0.106 e. The van der Waals surface area contributed by atoms with Gasteiger partial charge in [-0.25, -0.2) is 0 Å². The van der Waals surface area contributed by atoms with Crippen molar-refractivity contribution >= 4 is 5.71 Å². The Balaban J connectivity index is 1.52. The smallest absolute Gasteiger partial charge is 0.106 e. The van der Waals surface area contributed by atoms with E-state index in [-0.39, 0.29) is 0 Å². The molecule has 7 unspecified atom stereocenters. The molecule has 0 N–H and O–H groups in total. The second kappa shape index (κ2) is 4.55. The third-order valence-corrected chi connectivity index (χ3v) is 9.72. The number of hydrogen-bond donors (Lipinski definition) is 0. The zero-order chi connectivity index (χ0) is 15.9. The molecule has 0 saturated heterocycles. The van der Waals surface area contributed by atoms with E-state index in [0.29, 0.717) is 11.3 Å². The molecule has 0 radical (unpaired) electrons. The lowest BCUT2D eigenvalue weighted by Gasteiger charge is -2.45. The zero-order valence-electron chi connectivity index (χ0n) is 15.2. The highest BCUT2D eigenvalue weighted by Crippen LogP contribution is 2.91. The maximum atomic E-state index is 5.14. The van der Waals surface area contributed by atoms with E-state index in [4.69, 9.17) is 4.84 Å². The Bertz CT molecular complexity index is 556. The minimum atomic E-state index is 0.498. The zero-order valence-corrected chi connectivity index (χ0v) is 15.2. The summed E-state index contributed by atoms with van der Waals surface area (Å²) in [6.07, 6.45) is 15.1. The van der Waals surface area contributed by atoms with Crippen LogP contribution < -0.4 is 0 Å². The highest BCUT2D eigenvalue weighted by atomic mass is 16.6. The van der Waals surface area contributed by atoms with Gasteiger partial charge in [-0.3, -0.25) is 0 Å². The van der Waals surface area contributed by atoms with Gasteiger partial charge < -0.3 is 4.84 Å². The first-order valence-electron chi connectivity index (χ1n) is 10.2. The Labute approximate surface area is 141 Å². The Kier molecular flexibility index (Phi) is 2.92. The van der Waals surface area contributed by atoms with Gasteiger partial charge in [0.05, 0.1) is 5.71 Å². The van der Waals surface area contributed by atoms with E-state index in [9.17, 15) is 0 Å². The molecule has 2 nitrogen and oxygen atoms in total. The van der Waals surface area contributed by atoms with E-state index in [0.717, 1.165) is 28.6 Å². The first-order chi connectivity index (χ1) is 11.1. The lowest BCUT2D eigenvalue weighted by Crippen LogP contribution is -2.40. The summed E-state index contributed by atoms with van der Waals surface area (Å²) in [5.41, 5.74) is 3.32. The molecule has 0 bridgehead atoms. The van der Waals surface area contributed by atoms with Crippen molar-refractivity contribution in [2.45, 2.75) is 78.1 Å². The molecule has 2 spiro atoms. The fourth-order valence-electron chi connectivity index (χ4n) is 9.34. The average molecular weight is 316 g/mol. The van der Waals surface area contributed by atoms with Gasteiger partial charge in [-0.1, -0.05) is 24.9 Å². The number of hydrogen-bond acceptors (Lipinski definition) is 2. The summed E-state index contributed by atoms with van der Waals surface area (Å²) in [5.74, 6) is 3.84. The van der Waals surface area contributed by atoms with Gasteiger partial charge in [-0.2, -0.15) is 0 Å². The van der Waals surface area contributed by atoms with E-state index in [2.05, 4.69) is 19.0 Å². The molecule has 0 heterocycles. The first-order valence-corrected chi connectivity index (χ1v) is 10.2. The van der Waals surface area contributed by atoms with Crippen molar-refractivity contribution in [1.29, 1.82) is 0 Å². The van der Waals surface area contributed by atoms with Gasteiger partial charge >= 0.3 is 0 Å². The van der Waals surface area contributed by atoms with Crippen molar-refractivity contribution in [3.8, 4) is 0 Å². The number of nitrogens with zero attached hydrogens (tertiary/aromatic N) is 1. The van der Waals surface area contributed by atoms with Crippen LogP contribution in [0.2, 0.25) is 0 Å². The first kappa shape index (κ1) is 14.8. The Morgan fingerprint density at radius 1 is 0.913 bits per heavy atom. The maximum absolute atomic E-state index is 5.14. The van der Waals surface area contributed by atoms with Crippen LogP contribution in [0.25, 0.3) is 0 Å². The molecule has 5 rings (SSSR count). The van der Waals surface area contributed by atoms with E-state index in [1.807, 2.05) is 0 Å². The molecule has 0 amide bonds. The van der Waals surface area contributed by atoms with Crippen molar-refractivity contribution < 1.29 is 4.84 Å². The van der Waals surface area contributed by atoms with Gasteiger partial charge in [0.1, 0.15) is 7.11 Å². The molecular formula is C21H33NO. The largest absolute Gasteiger partial charge is 0.399 e. The lowest BCUT2D eigenvalue weighted by molar-refractivity contribution is 0.0500. The monoisotopic (exact) mass is 315 g/mol. The molecule has 0 aliphatic heterocycles. The van der Waals surface area contributed by atoms with E-state index in [1.165, 1.54) is 44.2 Å². The van der Waals surface area contributed by atoms with Gasteiger partial charge in [-0.05, 0) is 92.3 Å². The van der Waals surface area contributed by atoms with Crippen LogP contribution in [0.15, 0.2) is 5.16 Å². The summed E-state index contributed by atoms with van der Waals surface area (Å²) in [5, 5.41) is 4.36. The van der Waals surface area contributed by atoms with Crippen LogP contribution in [0.3, 0.4) is 0 Å². The van der Waals surface area contributed by atoms with Gasteiger partial charge in [0.2, 0.25) is 0 Å². The number of rotatable bonds is 2. The summed E-state index contributed by atoms with van der Waals surface area (Å²) in [6, 6.07) is 0. The summed E-state index contributed by atoms with van der Waals surface area (Å²) < 4.78 is 0. The minimum Gasteiger partial charge on any atom is -0.399 e. The molecule has 7 atom stereocenters. The third kappa shape index (κ3) is 1.47. The second-order valence-electron chi connectivity index (χ2n) is 9.76. The third-order valence-electron chi connectivity index (χ3n) is 9.72. The van der Waals surface area contributed by atoms with Gasteiger partial charge in [0.15, 0.2) is 0 Å². The second-order valence-corrected chi connectivity index (χ2v) is 9.76. The van der Waals surface area contributed by atoms with Crippen LogP contribution in [0, 0.1) is 39.9 Å². The Morgan fingerprint density at radius 2 is 1.78 bits per heavy atom. The minimum absolute atomic E-state index is 0.498. The highest BCUT2D eigenvalue weighted by Gasteiger charge is 2.85. The standard InChI is InChI=1S/C21H33NO/c1-14(22-23-3)16-7-8-17-19(16,2)12-10-18-20-11-5-4-6-15(20)9-13-21(17,18)20/h15-18H,4-13H2,1-3H3/b22-14+. The fourth-order valence-corrected chi connectivity index (χ4v) is 9.34. The molecule has 0 aromatic carbocycles. The molecule has 2 heteroatoms. The normalized spacial score (nSPS) is 57.3. The van der Waals surface area contributed by atoms with E-state index in [1.54, 1.807) is 32.8 Å². The van der Waals surface area contributed by atoms with Crippen molar-refractivity contribution in [2.24, 2.45) is 45.1 Å². The Hall–Kier alpha value is -0.530. The fraction of sp³-hybridized carbons (Fsp3) is 0.952. The molecule has 5 aliphatic rings. The van der Waals surface area contributed by atoms with Gasteiger partial charge in [0.25, 0.3) is 0 Å². The van der Waals surface area contributed by atoms with Crippen molar-refractivity contribution in [3.63, 3.8) is 0 Å². The van der Waals surface area contributed by atoms with Crippen LogP contribution in [0.5, 0.6) is 0 Å². The average Bonchev–Trinajstić information content (AvgIpc) is 2.84. The molecule has 5 saturated carbocycles. The van der Waals surface area contributed by atoms with Crippen LogP contribution in [0.4, 0.5) is 0 Å². The van der Waals surface area contributed by atoms with Crippen LogP contribution in [0.1, 0.15) is 78.1 Å². The van der Waals surface area contributed by atoms with Gasteiger partial charge in [0, 0.05) is 5.92 Å². The Morgan fingerprint density at radius 3 is 2.61 bits per heavy atom. The van der Waals surface area contributed by atoms with Crippen LogP contribution in [-0.4, -0.2) is 12.8 Å². The molecule has 0 aromatic rings. The van der Waals surface area contributed by atoms with Crippen LogP contribution >= 0.6 is 0 Å². The molecule has 5 aliphatic carbocycles. The quantitative estimate of drug-likeness (QED) is 0.492. The molecule has 5 fully saturated rings. The van der Waals surface area contributed by atoms with Crippen molar-refractivity contribution in [2.75, 3.05) is 7.11 Å². The number of fused-ring (bicyclic) bond motifs is 1. The van der Waals surface area contributed by atoms with Crippen molar-refractivity contribution in [3.05, 3.63) is 0 Å².